The lowest BCUT2D eigenvalue weighted by molar-refractivity contribution is 0.282. The molecule has 2 heteroatoms. The van der Waals surface area contributed by atoms with Crippen LogP contribution in [0.25, 0.3) is 11.1 Å². The summed E-state index contributed by atoms with van der Waals surface area (Å²) in [5.41, 5.74) is 2.98. The third kappa shape index (κ3) is 2.20. The molecular weight excluding hydrogens is 208 g/mol. The molecule has 0 heterocycles. The highest BCUT2D eigenvalue weighted by molar-refractivity contribution is 6.30. The van der Waals surface area contributed by atoms with Gasteiger partial charge in [-0.1, -0.05) is 48.0 Å². The highest BCUT2D eigenvalue weighted by atomic mass is 35.5. The van der Waals surface area contributed by atoms with Crippen molar-refractivity contribution in [2.45, 2.75) is 6.61 Å². The Balaban J connectivity index is 2.53. The van der Waals surface area contributed by atoms with Crippen LogP contribution < -0.4 is 0 Å². The van der Waals surface area contributed by atoms with E-state index in [2.05, 4.69) is 0 Å². The summed E-state index contributed by atoms with van der Waals surface area (Å²) in [5, 5.41) is 9.90. The summed E-state index contributed by atoms with van der Waals surface area (Å²) in [6.45, 7) is 0.00475. The summed E-state index contributed by atoms with van der Waals surface area (Å²) in [7, 11) is 0. The van der Waals surface area contributed by atoms with E-state index < -0.39 is 0 Å². The van der Waals surface area contributed by atoms with E-state index in [1.165, 1.54) is 0 Å². The summed E-state index contributed by atoms with van der Waals surface area (Å²) >= 11 is 5.87. The molecule has 0 aromatic heterocycles. The molecule has 2 aromatic carbocycles. The number of rotatable bonds is 2. The van der Waals surface area contributed by atoms with Crippen molar-refractivity contribution in [3.05, 3.63) is 59.1 Å². The lowest BCUT2D eigenvalue weighted by Crippen LogP contribution is -1.88. The van der Waals surface area contributed by atoms with E-state index in [0.717, 1.165) is 16.7 Å². The van der Waals surface area contributed by atoms with E-state index in [1.807, 2.05) is 42.5 Å². The quantitative estimate of drug-likeness (QED) is 0.818. The van der Waals surface area contributed by atoms with E-state index >= 15 is 0 Å². The van der Waals surface area contributed by atoms with Crippen LogP contribution in [-0.2, 0) is 6.61 Å². The normalized spacial score (nSPS) is 10.3. The zero-order valence-corrected chi connectivity index (χ0v) is 8.91. The van der Waals surface area contributed by atoms with Crippen LogP contribution in [0.5, 0.6) is 0 Å². The van der Waals surface area contributed by atoms with Gasteiger partial charge in [0.2, 0.25) is 0 Å². The maximum absolute atomic E-state index is 9.25. The molecule has 0 aliphatic rings. The Kier molecular flexibility index (Phi) is 3.05. The van der Waals surface area contributed by atoms with Gasteiger partial charge in [-0.2, -0.15) is 0 Å². The Labute approximate surface area is 94.0 Å². The number of aliphatic hydroxyl groups is 1. The largest absolute Gasteiger partial charge is 0.392 e. The molecule has 0 amide bonds. The Bertz CT molecular complexity index is 451. The molecular formula is C13H11ClO. The van der Waals surface area contributed by atoms with E-state index in [9.17, 15) is 5.11 Å². The molecule has 0 fully saturated rings. The minimum absolute atomic E-state index is 0.00475. The van der Waals surface area contributed by atoms with Gasteiger partial charge in [-0.3, -0.25) is 0 Å². The second kappa shape index (κ2) is 4.47. The first-order valence-electron chi connectivity index (χ1n) is 4.76. The molecule has 0 saturated carbocycles. The Morgan fingerprint density at radius 3 is 2.40 bits per heavy atom. The average Bonchev–Trinajstić information content (AvgIpc) is 2.30. The smallest absolute Gasteiger partial charge is 0.0688 e. The van der Waals surface area contributed by atoms with Gasteiger partial charge in [0.25, 0.3) is 0 Å². The predicted octanol–water partition coefficient (Wildman–Crippen LogP) is 3.50. The fourth-order valence-electron chi connectivity index (χ4n) is 1.59. The molecule has 2 rings (SSSR count). The molecule has 0 spiro atoms. The maximum atomic E-state index is 9.25. The molecule has 15 heavy (non-hydrogen) atoms. The number of hydrogen-bond donors (Lipinski definition) is 1. The molecule has 0 aliphatic heterocycles. The third-order valence-electron chi connectivity index (χ3n) is 2.32. The Morgan fingerprint density at radius 2 is 1.73 bits per heavy atom. The fourth-order valence-corrected chi connectivity index (χ4v) is 1.79. The molecule has 0 unspecified atom stereocenters. The molecule has 1 N–H and O–H groups in total. The highest BCUT2D eigenvalue weighted by Gasteiger charge is 2.04. The van der Waals surface area contributed by atoms with E-state index in [0.29, 0.717) is 5.02 Å². The van der Waals surface area contributed by atoms with Gasteiger partial charge in [0.05, 0.1) is 6.61 Å². The van der Waals surface area contributed by atoms with Crippen molar-refractivity contribution >= 4 is 11.6 Å². The van der Waals surface area contributed by atoms with Crippen LogP contribution in [0.2, 0.25) is 5.02 Å². The SMILES string of the molecule is OCc1cc(Cl)ccc1-c1ccccc1. The van der Waals surface area contributed by atoms with Crippen molar-refractivity contribution in [2.24, 2.45) is 0 Å². The Morgan fingerprint density at radius 1 is 1.00 bits per heavy atom. The van der Waals surface area contributed by atoms with Gasteiger partial charge >= 0.3 is 0 Å². The lowest BCUT2D eigenvalue weighted by atomic mass is 10.0. The highest BCUT2D eigenvalue weighted by Crippen LogP contribution is 2.26. The zero-order valence-electron chi connectivity index (χ0n) is 8.15. The molecule has 1 nitrogen and oxygen atoms in total. The molecule has 0 aliphatic carbocycles. The molecule has 0 radical (unpaired) electrons. The van der Waals surface area contributed by atoms with Gasteiger partial charge in [-0.05, 0) is 28.8 Å². The van der Waals surface area contributed by atoms with Crippen LogP contribution in [0.4, 0.5) is 0 Å². The van der Waals surface area contributed by atoms with Crippen molar-refractivity contribution in [1.29, 1.82) is 0 Å². The zero-order chi connectivity index (χ0) is 10.7. The van der Waals surface area contributed by atoms with E-state index in [1.54, 1.807) is 6.07 Å². The first-order chi connectivity index (χ1) is 7.31. The van der Waals surface area contributed by atoms with Crippen molar-refractivity contribution in [1.82, 2.24) is 0 Å². The van der Waals surface area contributed by atoms with Crippen molar-refractivity contribution in [3.63, 3.8) is 0 Å². The van der Waals surface area contributed by atoms with E-state index in [4.69, 9.17) is 11.6 Å². The van der Waals surface area contributed by atoms with Gasteiger partial charge in [0.1, 0.15) is 0 Å². The second-order valence-corrected chi connectivity index (χ2v) is 3.76. The average molecular weight is 219 g/mol. The monoisotopic (exact) mass is 218 g/mol. The summed E-state index contributed by atoms with van der Waals surface area (Å²) in [5.74, 6) is 0. The van der Waals surface area contributed by atoms with Crippen LogP contribution >= 0.6 is 11.6 Å². The maximum Gasteiger partial charge on any atom is 0.0688 e. The molecule has 2 aromatic rings. The van der Waals surface area contributed by atoms with Gasteiger partial charge < -0.3 is 5.11 Å². The minimum atomic E-state index is 0.00475. The van der Waals surface area contributed by atoms with Gasteiger partial charge in [-0.25, -0.2) is 0 Å². The summed E-state index contributed by atoms with van der Waals surface area (Å²) in [6, 6.07) is 15.5. The van der Waals surface area contributed by atoms with Gasteiger partial charge in [0.15, 0.2) is 0 Å². The van der Waals surface area contributed by atoms with Crippen LogP contribution in [-0.4, -0.2) is 5.11 Å². The minimum Gasteiger partial charge on any atom is -0.392 e. The second-order valence-electron chi connectivity index (χ2n) is 3.33. The van der Waals surface area contributed by atoms with E-state index in [-0.39, 0.29) is 6.61 Å². The first-order valence-corrected chi connectivity index (χ1v) is 5.14. The fraction of sp³-hybridized carbons (Fsp3) is 0.0769. The van der Waals surface area contributed by atoms with Crippen molar-refractivity contribution in [3.8, 4) is 11.1 Å². The number of halogens is 1. The van der Waals surface area contributed by atoms with Crippen molar-refractivity contribution < 1.29 is 5.11 Å². The van der Waals surface area contributed by atoms with Crippen LogP contribution in [0.15, 0.2) is 48.5 Å². The number of hydrogen-bond acceptors (Lipinski definition) is 1. The van der Waals surface area contributed by atoms with Crippen LogP contribution in [0.3, 0.4) is 0 Å². The topological polar surface area (TPSA) is 20.2 Å². The lowest BCUT2D eigenvalue weighted by Gasteiger charge is -2.07. The molecule has 0 saturated heterocycles. The van der Waals surface area contributed by atoms with Crippen LogP contribution in [0, 0.1) is 0 Å². The summed E-state index contributed by atoms with van der Waals surface area (Å²) < 4.78 is 0. The standard InChI is InChI=1S/C13H11ClO/c14-12-6-7-13(11(8-12)9-15)10-4-2-1-3-5-10/h1-8,15H,9H2. The molecule has 0 bridgehead atoms. The third-order valence-corrected chi connectivity index (χ3v) is 2.56. The van der Waals surface area contributed by atoms with Gasteiger partial charge in [0, 0.05) is 5.02 Å². The van der Waals surface area contributed by atoms with Gasteiger partial charge in [-0.15, -0.1) is 0 Å². The Hall–Kier alpha value is -1.31. The first kappa shape index (κ1) is 10.2. The molecule has 76 valence electrons. The predicted molar refractivity (Wildman–Crippen MR) is 62.8 cm³/mol. The number of aliphatic hydroxyl groups excluding tert-OH is 1. The summed E-state index contributed by atoms with van der Waals surface area (Å²) in [6.07, 6.45) is 0. The molecule has 0 atom stereocenters. The number of benzene rings is 2. The van der Waals surface area contributed by atoms with Crippen molar-refractivity contribution in [2.75, 3.05) is 0 Å². The summed E-state index contributed by atoms with van der Waals surface area (Å²) in [4.78, 5) is 0. The van der Waals surface area contributed by atoms with Crippen LogP contribution in [0.1, 0.15) is 5.56 Å².